The SMILES string of the molecule is CC(C)(C)c1ccc(-n2c(-c3ccccc3O)nc3c(-c4cc(-c5ccccc5)cc(-c5cc(C(C)(C)C)cc6cccnc56)c4)cccc32)cc1. The van der Waals surface area contributed by atoms with E-state index < -0.39 is 0 Å². The number of nitrogens with zero attached hydrogens (tertiary/aromatic N) is 3. The van der Waals surface area contributed by atoms with Crippen LogP contribution in [0.15, 0.2) is 146 Å². The van der Waals surface area contributed by atoms with Crippen LogP contribution in [0.4, 0.5) is 0 Å². The Labute approximate surface area is 306 Å². The van der Waals surface area contributed by atoms with E-state index >= 15 is 0 Å². The minimum Gasteiger partial charge on any atom is -0.507 e. The fraction of sp³-hybridized carbons (Fsp3) is 0.167. The summed E-state index contributed by atoms with van der Waals surface area (Å²) in [4.78, 5) is 10.3. The molecule has 6 aromatic carbocycles. The standard InChI is InChI=1S/C48H43N3O/c1-47(2,3)36-21-23-38(24-22-36)51-42-19-12-18-39(45(42)50-46(51)40-17-10-11-20-43(40)52)34-26-33(31-14-8-7-9-15-31)27-35(28-34)41-30-37(48(4,5)6)29-32-16-13-25-49-44(32)41/h7-30,52H,1-6H3. The van der Waals surface area contributed by atoms with Crippen molar-refractivity contribution in [1.82, 2.24) is 14.5 Å². The van der Waals surface area contributed by atoms with Crippen molar-refractivity contribution in [1.29, 1.82) is 0 Å². The Balaban J connectivity index is 1.41. The van der Waals surface area contributed by atoms with Crippen molar-refractivity contribution in [3.63, 3.8) is 0 Å². The van der Waals surface area contributed by atoms with Crippen LogP contribution in [-0.2, 0) is 10.8 Å². The number of hydrogen-bond acceptors (Lipinski definition) is 3. The molecule has 0 unspecified atom stereocenters. The van der Waals surface area contributed by atoms with Crippen LogP contribution < -0.4 is 0 Å². The Morgan fingerprint density at radius 3 is 1.87 bits per heavy atom. The predicted octanol–water partition coefficient (Wildman–Crippen LogP) is 12.5. The van der Waals surface area contributed by atoms with Gasteiger partial charge in [0, 0.05) is 28.4 Å². The molecule has 2 aromatic heterocycles. The molecular weight excluding hydrogens is 635 g/mol. The van der Waals surface area contributed by atoms with E-state index in [9.17, 15) is 5.11 Å². The summed E-state index contributed by atoms with van der Waals surface area (Å²) in [7, 11) is 0. The Bertz CT molecular complexity index is 2580. The number of phenolic OH excluding ortho intramolecular Hbond substituents is 1. The highest BCUT2D eigenvalue weighted by molar-refractivity contribution is 6.00. The van der Waals surface area contributed by atoms with Crippen LogP contribution in [0.25, 0.3) is 72.4 Å². The number of hydrogen-bond donors (Lipinski definition) is 1. The highest BCUT2D eigenvalue weighted by atomic mass is 16.3. The van der Waals surface area contributed by atoms with Crippen molar-refractivity contribution >= 4 is 21.9 Å². The summed E-state index contributed by atoms with van der Waals surface area (Å²) < 4.78 is 2.17. The molecule has 8 aromatic rings. The first-order valence-electron chi connectivity index (χ1n) is 18.0. The van der Waals surface area contributed by atoms with Gasteiger partial charge in [-0.2, -0.15) is 0 Å². The van der Waals surface area contributed by atoms with Gasteiger partial charge in [0.25, 0.3) is 0 Å². The van der Waals surface area contributed by atoms with Crippen molar-refractivity contribution in [2.24, 2.45) is 0 Å². The zero-order valence-corrected chi connectivity index (χ0v) is 30.6. The number of fused-ring (bicyclic) bond motifs is 2. The van der Waals surface area contributed by atoms with Gasteiger partial charge in [0.2, 0.25) is 0 Å². The lowest BCUT2D eigenvalue weighted by Crippen LogP contribution is -2.11. The monoisotopic (exact) mass is 677 g/mol. The minimum atomic E-state index is -0.0401. The lowest BCUT2D eigenvalue weighted by Gasteiger charge is -2.22. The second kappa shape index (κ2) is 12.6. The van der Waals surface area contributed by atoms with Crippen molar-refractivity contribution in [2.45, 2.75) is 52.4 Å². The van der Waals surface area contributed by atoms with Gasteiger partial charge in [-0.25, -0.2) is 4.98 Å². The van der Waals surface area contributed by atoms with Crippen LogP contribution in [0.2, 0.25) is 0 Å². The maximum atomic E-state index is 11.1. The summed E-state index contributed by atoms with van der Waals surface area (Å²) in [6, 6.07) is 48.7. The number of benzene rings is 6. The molecule has 0 saturated heterocycles. The topological polar surface area (TPSA) is 50.9 Å². The summed E-state index contributed by atoms with van der Waals surface area (Å²) in [5.41, 5.74) is 13.5. The van der Waals surface area contributed by atoms with Gasteiger partial charge >= 0.3 is 0 Å². The van der Waals surface area contributed by atoms with Gasteiger partial charge in [0.05, 0.1) is 22.1 Å². The van der Waals surface area contributed by atoms with Crippen molar-refractivity contribution < 1.29 is 5.11 Å². The largest absolute Gasteiger partial charge is 0.507 e. The summed E-state index contributed by atoms with van der Waals surface area (Å²) in [5, 5.41) is 12.3. The molecule has 0 saturated carbocycles. The first kappa shape index (κ1) is 33.2. The average molecular weight is 678 g/mol. The van der Waals surface area contributed by atoms with Crippen molar-refractivity contribution in [3.05, 3.63) is 157 Å². The van der Waals surface area contributed by atoms with E-state index in [0.29, 0.717) is 11.4 Å². The highest BCUT2D eigenvalue weighted by Gasteiger charge is 2.22. The predicted molar refractivity (Wildman–Crippen MR) is 217 cm³/mol. The fourth-order valence-corrected chi connectivity index (χ4v) is 7.13. The van der Waals surface area contributed by atoms with Gasteiger partial charge in [-0.05, 0) is 111 Å². The number of rotatable bonds is 5. The molecular formula is C48H43N3O. The number of imidazole rings is 1. The third-order valence-electron chi connectivity index (χ3n) is 10.1. The third kappa shape index (κ3) is 6.05. The van der Waals surface area contributed by atoms with Crippen LogP contribution in [0, 0.1) is 0 Å². The maximum absolute atomic E-state index is 11.1. The van der Waals surface area contributed by atoms with Gasteiger partial charge in [0.15, 0.2) is 0 Å². The van der Waals surface area contributed by atoms with E-state index in [-0.39, 0.29) is 16.6 Å². The lowest BCUT2D eigenvalue weighted by molar-refractivity contribution is 0.477. The van der Waals surface area contributed by atoms with Crippen LogP contribution in [0.3, 0.4) is 0 Å². The van der Waals surface area contributed by atoms with Gasteiger partial charge in [-0.15, -0.1) is 0 Å². The van der Waals surface area contributed by atoms with Crippen molar-refractivity contribution in [2.75, 3.05) is 0 Å². The summed E-state index contributed by atoms with van der Waals surface area (Å²) >= 11 is 0. The molecule has 0 fully saturated rings. The molecule has 0 aliphatic rings. The molecule has 4 nitrogen and oxygen atoms in total. The Morgan fingerprint density at radius 2 is 1.15 bits per heavy atom. The molecule has 0 atom stereocenters. The van der Waals surface area contributed by atoms with E-state index in [0.717, 1.165) is 61.0 Å². The first-order valence-corrected chi connectivity index (χ1v) is 18.0. The lowest BCUT2D eigenvalue weighted by atomic mass is 9.83. The van der Waals surface area contributed by atoms with E-state index in [2.05, 4.69) is 155 Å². The number of pyridine rings is 1. The van der Waals surface area contributed by atoms with Gasteiger partial charge in [0.1, 0.15) is 11.6 Å². The van der Waals surface area contributed by atoms with Gasteiger partial charge < -0.3 is 5.11 Å². The quantitative estimate of drug-likeness (QED) is 0.197. The molecule has 52 heavy (non-hydrogen) atoms. The fourth-order valence-electron chi connectivity index (χ4n) is 7.13. The molecule has 0 aliphatic carbocycles. The molecule has 256 valence electrons. The van der Waals surface area contributed by atoms with Crippen LogP contribution >= 0.6 is 0 Å². The van der Waals surface area contributed by atoms with Gasteiger partial charge in [-0.1, -0.05) is 114 Å². The number of aromatic nitrogens is 3. The van der Waals surface area contributed by atoms with Crippen molar-refractivity contribution in [3.8, 4) is 56.2 Å². The molecule has 1 N–H and O–H groups in total. The number of phenols is 1. The zero-order valence-electron chi connectivity index (χ0n) is 30.6. The number of para-hydroxylation sites is 2. The maximum Gasteiger partial charge on any atom is 0.149 e. The molecule has 0 bridgehead atoms. The molecule has 8 rings (SSSR count). The number of aromatic hydroxyl groups is 1. The highest BCUT2D eigenvalue weighted by Crippen LogP contribution is 2.41. The summed E-state index contributed by atoms with van der Waals surface area (Å²) in [6.45, 7) is 13.5. The summed E-state index contributed by atoms with van der Waals surface area (Å²) in [5.74, 6) is 0.884. The Morgan fingerprint density at radius 1 is 0.500 bits per heavy atom. The first-order chi connectivity index (χ1) is 25.0. The summed E-state index contributed by atoms with van der Waals surface area (Å²) in [6.07, 6.45) is 1.88. The molecule has 4 heteroatoms. The molecule has 0 radical (unpaired) electrons. The molecule has 0 spiro atoms. The van der Waals surface area contributed by atoms with Gasteiger partial charge in [-0.3, -0.25) is 9.55 Å². The Hall–Kier alpha value is -6.00. The van der Waals surface area contributed by atoms with Crippen LogP contribution in [0.1, 0.15) is 52.7 Å². The minimum absolute atomic E-state index is 0.0257. The van der Waals surface area contributed by atoms with Crippen LogP contribution in [0.5, 0.6) is 5.75 Å². The zero-order chi connectivity index (χ0) is 36.2. The van der Waals surface area contributed by atoms with Crippen LogP contribution in [-0.4, -0.2) is 19.6 Å². The average Bonchev–Trinajstić information content (AvgIpc) is 3.53. The third-order valence-corrected chi connectivity index (χ3v) is 10.1. The molecule has 0 amide bonds. The smallest absolute Gasteiger partial charge is 0.149 e. The second-order valence-electron chi connectivity index (χ2n) is 15.8. The normalized spacial score (nSPS) is 12.1. The molecule has 2 heterocycles. The second-order valence-corrected chi connectivity index (χ2v) is 15.8. The Kier molecular flexibility index (Phi) is 8.06. The van der Waals surface area contributed by atoms with E-state index in [1.165, 1.54) is 11.1 Å². The van der Waals surface area contributed by atoms with E-state index in [1.807, 2.05) is 30.5 Å². The van der Waals surface area contributed by atoms with E-state index in [4.69, 9.17) is 9.97 Å². The molecule has 0 aliphatic heterocycles. The van der Waals surface area contributed by atoms with E-state index in [1.54, 1.807) is 6.07 Å².